The number of hydrogen-bond donors (Lipinski definition) is 3. The zero-order valence-corrected chi connectivity index (χ0v) is 11.6. The SMILES string of the molecule is CC1=N/C(=N/O)C(=N)C(N)=C1Cc1ccc(C#N)c(C#N)n1. The number of nitrogens with two attached hydrogens (primary N) is 1. The molecule has 1 aromatic rings. The van der Waals surface area contributed by atoms with Crippen molar-refractivity contribution in [3.8, 4) is 12.1 Å². The van der Waals surface area contributed by atoms with E-state index in [1.165, 1.54) is 6.07 Å². The number of rotatable bonds is 2. The van der Waals surface area contributed by atoms with Gasteiger partial charge in [-0.1, -0.05) is 5.16 Å². The maximum absolute atomic E-state index is 8.99. The molecule has 0 aliphatic carbocycles. The second kappa shape index (κ2) is 5.85. The van der Waals surface area contributed by atoms with Gasteiger partial charge in [0.15, 0.2) is 5.69 Å². The summed E-state index contributed by atoms with van der Waals surface area (Å²) in [6.45, 7) is 1.68. The van der Waals surface area contributed by atoms with E-state index < -0.39 is 0 Å². The van der Waals surface area contributed by atoms with Crippen molar-refractivity contribution in [2.45, 2.75) is 13.3 Å². The van der Waals surface area contributed by atoms with Gasteiger partial charge in [0.2, 0.25) is 5.84 Å². The molecular formula is C14H11N7O. The molecule has 0 saturated heterocycles. The summed E-state index contributed by atoms with van der Waals surface area (Å²) in [4.78, 5) is 8.11. The van der Waals surface area contributed by atoms with Gasteiger partial charge in [0.25, 0.3) is 0 Å². The Morgan fingerprint density at radius 1 is 1.36 bits per heavy atom. The lowest BCUT2D eigenvalue weighted by atomic mass is 9.97. The zero-order chi connectivity index (χ0) is 16.3. The highest BCUT2D eigenvalue weighted by molar-refractivity contribution is 6.50. The smallest absolute Gasteiger partial charge is 0.218 e. The van der Waals surface area contributed by atoms with Crippen molar-refractivity contribution >= 4 is 17.3 Å². The molecule has 0 bridgehead atoms. The molecule has 0 spiro atoms. The molecular weight excluding hydrogens is 282 g/mol. The highest BCUT2D eigenvalue weighted by Gasteiger charge is 2.23. The van der Waals surface area contributed by atoms with Crippen molar-refractivity contribution in [2.24, 2.45) is 15.9 Å². The molecule has 1 aliphatic rings. The fourth-order valence-corrected chi connectivity index (χ4v) is 2.00. The van der Waals surface area contributed by atoms with Crippen molar-refractivity contribution in [1.82, 2.24) is 4.98 Å². The van der Waals surface area contributed by atoms with Crippen LogP contribution < -0.4 is 5.73 Å². The van der Waals surface area contributed by atoms with Crippen molar-refractivity contribution < 1.29 is 5.21 Å². The first kappa shape index (κ1) is 14.9. The molecule has 0 unspecified atom stereocenters. The van der Waals surface area contributed by atoms with E-state index in [-0.39, 0.29) is 34.9 Å². The van der Waals surface area contributed by atoms with Crippen LogP contribution in [-0.4, -0.2) is 27.5 Å². The number of amidine groups is 1. The molecule has 8 nitrogen and oxygen atoms in total. The van der Waals surface area contributed by atoms with Gasteiger partial charge in [0.1, 0.15) is 17.9 Å². The topological polar surface area (TPSA) is 155 Å². The number of dihydropyridines is 1. The van der Waals surface area contributed by atoms with E-state index in [9.17, 15) is 0 Å². The molecule has 2 heterocycles. The van der Waals surface area contributed by atoms with E-state index in [4.69, 9.17) is 26.9 Å². The first-order chi connectivity index (χ1) is 10.5. The fourth-order valence-electron chi connectivity index (χ4n) is 2.00. The van der Waals surface area contributed by atoms with Crippen LogP contribution in [-0.2, 0) is 6.42 Å². The highest BCUT2D eigenvalue weighted by atomic mass is 16.4. The third-order valence-electron chi connectivity index (χ3n) is 3.16. The van der Waals surface area contributed by atoms with Crippen LogP contribution in [0.5, 0.6) is 0 Å². The molecule has 1 aliphatic heterocycles. The molecule has 22 heavy (non-hydrogen) atoms. The molecule has 0 atom stereocenters. The molecule has 108 valence electrons. The van der Waals surface area contributed by atoms with E-state index in [0.717, 1.165) is 0 Å². The van der Waals surface area contributed by atoms with Crippen LogP contribution >= 0.6 is 0 Å². The molecule has 0 radical (unpaired) electrons. The van der Waals surface area contributed by atoms with Gasteiger partial charge in [0.05, 0.1) is 11.3 Å². The van der Waals surface area contributed by atoms with Crippen LogP contribution in [0.1, 0.15) is 23.9 Å². The molecule has 0 amide bonds. The van der Waals surface area contributed by atoms with Gasteiger partial charge < -0.3 is 10.9 Å². The van der Waals surface area contributed by atoms with E-state index in [1.807, 2.05) is 12.1 Å². The molecule has 1 aromatic heterocycles. The molecule has 0 aromatic carbocycles. The molecule has 0 saturated carbocycles. The largest absolute Gasteiger partial charge is 0.409 e. The maximum atomic E-state index is 8.99. The van der Waals surface area contributed by atoms with Crippen LogP contribution in [0.3, 0.4) is 0 Å². The van der Waals surface area contributed by atoms with Gasteiger partial charge in [-0.05, 0) is 19.1 Å². The van der Waals surface area contributed by atoms with Crippen LogP contribution in [0.2, 0.25) is 0 Å². The van der Waals surface area contributed by atoms with Gasteiger partial charge in [-0.25, -0.2) is 9.98 Å². The van der Waals surface area contributed by atoms with E-state index >= 15 is 0 Å². The summed E-state index contributed by atoms with van der Waals surface area (Å²) < 4.78 is 0. The summed E-state index contributed by atoms with van der Waals surface area (Å²) in [6.07, 6.45) is 0.253. The molecule has 0 fully saturated rings. The standard InChI is InChI=1S/C14H11N7O/c1-7-10(12(17)13(18)14(19-7)21-22)4-9-3-2-8(5-15)11(6-16)20-9/h2-3,18,22H,4,17H2,1H3/b18-13?,21-14+. The Balaban J connectivity index is 2.42. The Labute approximate surface area is 126 Å². The van der Waals surface area contributed by atoms with Crippen LogP contribution in [0.25, 0.3) is 0 Å². The Morgan fingerprint density at radius 2 is 2.09 bits per heavy atom. The van der Waals surface area contributed by atoms with Crippen molar-refractivity contribution in [2.75, 3.05) is 0 Å². The summed E-state index contributed by atoms with van der Waals surface area (Å²) >= 11 is 0. The summed E-state index contributed by atoms with van der Waals surface area (Å²) in [5.41, 5.74) is 7.70. The number of aliphatic imine (C=N–C) groups is 1. The lowest BCUT2D eigenvalue weighted by molar-refractivity contribution is 0.319. The zero-order valence-electron chi connectivity index (χ0n) is 11.6. The second-order valence-corrected chi connectivity index (χ2v) is 4.49. The quantitative estimate of drug-likeness (QED) is 0.544. The van der Waals surface area contributed by atoms with Crippen molar-refractivity contribution in [3.63, 3.8) is 0 Å². The predicted octanol–water partition coefficient (Wildman–Crippen LogP) is 0.862. The lowest BCUT2D eigenvalue weighted by Gasteiger charge is -2.17. The molecule has 8 heteroatoms. The Hall–Kier alpha value is -3.52. The number of aromatic nitrogens is 1. The van der Waals surface area contributed by atoms with E-state index in [0.29, 0.717) is 17.0 Å². The minimum atomic E-state index is -0.169. The summed E-state index contributed by atoms with van der Waals surface area (Å²) in [5.74, 6) is -0.149. The minimum Gasteiger partial charge on any atom is -0.409 e. The van der Waals surface area contributed by atoms with Crippen LogP contribution in [0.4, 0.5) is 0 Å². The number of nitrogens with zero attached hydrogens (tertiary/aromatic N) is 5. The fraction of sp³-hybridized carbons (Fsp3) is 0.143. The highest BCUT2D eigenvalue weighted by Crippen LogP contribution is 2.17. The van der Waals surface area contributed by atoms with E-state index in [2.05, 4.69) is 15.1 Å². The third kappa shape index (κ3) is 2.53. The third-order valence-corrected chi connectivity index (χ3v) is 3.16. The number of nitrogens with one attached hydrogen (secondary N) is 1. The molecule has 4 N–H and O–H groups in total. The first-order valence-electron chi connectivity index (χ1n) is 6.17. The summed E-state index contributed by atoms with van der Waals surface area (Å²) in [6, 6.07) is 6.89. The number of hydrogen-bond acceptors (Lipinski definition) is 7. The predicted molar refractivity (Wildman–Crippen MR) is 78.6 cm³/mol. The summed E-state index contributed by atoms with van der Waals surface area (Å²) in [7, 11) is 0. The molecule has 2 rings (SSSR count). The number of oxime groups is 1. The first-order valence-corrected chi connectivity index (χ1v) is 6.17. The Bertz CT molecular complexity index is 834. The Morgan fingerprint density at radius 3 is 2.68 bits per heavy atom. The Kier molecular flexibility index (Phi) is 3.96. The van der Waals surface area contributed by atoms with Gasteiger partial charge in [-0.3, -0.25) is 5.41 Å². The van der Waals surface area contributed by atoms with Crippen LogP contribution in [0.15, 0.2) is 33.6 Å². The van der Waals surface area contributed by atoms with Gasteiger partial charge in [-0.15, -0.1) is 0 Å². The van der Waals surface area contributed by atoms with Gasteiger partial charge in [-0.2, -0.15) is 10.5 Å². The van der Waals surface area contributed by atoms with Crippen LogP contribution in [0, 0.1) is 28.1 Å². The second-order valence-electron chi connectivity index (χ2n) is 4.49. The van der Waals surface area contributed by atoms with Gasteiger partial charge >= 0.3 is 0 Å². The number of pyridine rings is 1. The maximum Gasteiger partial charge on any atom is 0.218 e. The average Bonchev–Trinajstić information content (AvgIpc) is 2.54. The monoisotopic (exact) mass is 293 g/mol. The minimum absolute atomic E-state index is 0.0391. The van der Waals surface area contributed by atoms with E-state index in [1.54, 1.807) is 13.0 Å². The number of nitriles is 2. The lowest BCUT2D eigenvalue weighted by Crippen LogP contribution is -2.29. The number of allylic oxidation sites excluding steroid dienone is 1. The van der Waals surface area contributed by atoms with Crippen molar-refractivity contribution in [3.05, 3.63) is 40.4 Å². The normalized spacial score (nSPS) is 16.2. The van der Waals surface area contributed by atoms with Gasteiger partial charge in [0, 0.05) is 23.4 Å². The summed E-state index contributed by atoms with van der Waals surface area (Å²) in [5, 5.41) is 37.4. The average molecular weight is 293 g/mol. The van der Waals surface area contributed by atoms with Crippen molar-refractivity contribution in [1.29, 1.82) is 15.9 Å².